The van der Waals surface area contributed by atoms with Gasteiger partial charge in [0.1, 0.15) is 5.82 Å². The van der Waals surface area contributed by atoms with Crippen LogP contribution in [0.3, 0.4) is 0 Å². The van der Waals surface area contributed by atoms with Crippen LogP contribution in [0.25, 0.3) is 0 Å². The highest BCUT2D eigenvalue weighted by atomic mass is 32.1. The van der Waals surface area contributed by atoms with Crippen molar-refractivity contribution in [1.29, 1.82) is 0 Å². The summed E-state index contributed by atoms with van der Waals surface area (Å²) in [5.74, 6) is 1.86. The van der Waals surface area contributed by atoms with Gasteiger partial charge >= 0.3 is 0 Å². The molecule has 1 fully saturated rings. The molecular formula is C19H29N7S. The van der Waals surface area contributed by atoms with Crippen molar-refractivity contribution in [1.82, 2.24) is 25.5 Å². The summed E-state index contributed by atoms with van der Waals surface area (Å²) in [6.45, 7) is 9.67. The molecule has 0 saturated carbocycles. The van der Waals surface area contributed by atoms with Crippen LogP contribution in [0.4, 0.5) is 5.82 Å². The summed E-state index contributed by atoms with van der Waals surface area (Å²) in [6.07, 6.45) is 1.87. The molecule has 0 amide bonds. The number of piperazine rings is 1. The average Bonchev–Trinajstić information content (AvgIpc) is 3.00. The Morgan fingerprint density at radius 2 is 1.93 bits per heavy atom. The molecule has 8 heteroatoms. The molecule has 0 spiro atoms. The molecule has 2 aromatic rings. The first kappa shape index (κ1) is 19.6. The Morgan fingerprint density at radius 1 is 1.19 bits per heavy atom. The number of hydrogen-bond acceptors (Lipinski definition) is 6. The van der Waals surface area contributed by atoms with Crippen LogP contribution in [-0.4, -0.2) is 61.1 Å². The summed E-state index contributed by atoms with van der Waals surface area (Å²) in [5.41, 5.74) is 2.28. The molecule has 1 saturated heterocycles. The number of aryl methyl sites for hydroxylation is 2. The van der Waals surface area contributed by atoms with E-state index in [-0.39, 0.29) is 0 Å². The SMILES string of the molecule is CN=C(NCc1cccnc1N1CCN(C)CC1)NCc1sc(C)nc1C. The lowest BCUT2D eigenvalue weighted by atomic mass is 10.2. The number of aromatic nitrogens is 2. The Hall–Kier alpha value is -2.19. The van der Waals surface area contributed by atoms with E-state index in [1.807, 2.05) is 19.2 Å². The lowest BCUT2D eigenvalue weighted by Gasteiger charge is -2.34. The van der Waals surface area contributed by atoms with Crippen LogP contribution >= 0.6 is 11.3 Å². The van der Waals surface area contributed by atoms with Crippen molar-refractivity contribution in [3.05, 3.63) is 39.5 Å². The van der Waals surface area contributed by atoms with Crippen molar-refractivity contribution in [3.63, 3.8) is 0 Å². The van der Waals surface area contributed by atoms with Crippen LogP contribution in [0.2, 0.25) is 0 Å². The van der Waals surface area contributed by atoms with Crippen molar-refractivity contribution in [2.24, 2.45) is 4.99 Å². The van der Waals surface area contributed by atoms with Crippen LogP contribution in [0.15, 0.2) is 23.3 Å². The minimum absolute atomic E-state index is 0.690. The Labute approximate surface area is 165 Å². The molecule has 3 rings (SSSR count). The van der Waals surface area contributed by atoms with Gasteiger partial charge < -0.3 is 20.4 Å². The molecule has 2 N–H and O–H groups in total. The maximum atomic E-state index is 4.64. The molecule has 1 aliphatic heterocycles. The highest BCUT2D eigenvalue weighted by Crippen LogP contribution is 2.19. The molecule has 3 heterocycles. The second-order valence-electron chi connectivity index (χ2n) is 6.80. The molecule has 0 aliphatic carbocycles. The first-order valence-corrected chi connectivity index (χ1v) is 10.1. The summed E-state index contributed by atoms with van der Waals surface area (Å²) in [7, 11) is 3.96. The quantitative estimate of drug-likeness (QED) is 0.602. The summed E-state index contributed by atoms with van der Waals surface area (Å²) in [4.78, 5) is 19.4. The van der Waals surface area contributed by atoms with E-state index in [4.69, 9.17) is 0 Å². The van der Waals surface area contributed by atoms with Gasteiger partial charge in [0, 0.05) is 56.4 Å². The van der Waals surface area contributed by atoms with E-state index in [0.29, 0.717) is 6.54 Å². The highest BCUT2D eigenvalue weighted by molar-refractivity contribution is 7.11. The molecule has 0 radical (unpaired) electrons. The monoisotopic (exact) mass is 387 g/mol. The predicted molar refractivity (Wildman–Crippen MR) is 113 cm³/mol. The number of nitrogens with zero attached hydrogens (tertiary/aromatic N) is 5. The molecule has 0 atom stereocenters. The molecule has 0 unspecified atom stereocenters. The van der Waals surface area contributed by atoms with Crippen molar-refractivity contribution >= 4 is 23.1 Å². The van der Waals surface area contributed by atoms with Crippen LogP contribution in [0.1, 0.15) is 21.1 Å². The first-order valence-electron chi connectivity index (χ1n) is 9.31. The minimum Gasteiger partial charge on any atom is -0.354 e. The maximum Gasteiger partial charge on any atom is 0.191 e. The Morgan fingerprint density at radius 3 is 2.59 bits per heavy atom. The molecule has 1 aliphatic rings. The highest BCUT2D eigenvalue weighted by Gasteiger charge is 2.18. The molecule has 2 aromatic heterocycles. The van der Waals surface area contributed by atoms with E-state index in [2.05, 4.69) is 55.4 Å². The molecule has 0 aromatic carbocycles. The molecule has 0 bridgehead atoms. The number of pyridine rings is 1. The van der Waals surface area contributed by atoms with Gasteiger partial charge in [-0.15, -0.1) is 11.3 Å². The van der Waals surface area contributed by atoms with Gasteiger partial charge in [0.2, 0.25) is 0 Å². The van der Waals surface area contributed by atoms with E-state index < -0.39 is 0 Å². The number of rotatable bonds is 5. The van der Waals surface area contributed by atoms with Gasteiger partial charge in [-0.05, 0) is 27.0 Å². The number of guanidine groups is 1. The summed E-state index contributed by atoms with van der Waals surface area (Å²) in [6, 6.07) is 4.13. The van der Waals surface area contributed by atoms with E-state index in [9.17, 15) is 0 Å². The zero-order valence-corrected chi connectivity index (χ0v) is 17.4. The zero-order chi connectivity index (χ0) is 19.2. The zero-order valence-electron chi connectivity index (χ0n) is 16.6. The fourth-order valence-electron chi connectivity index (χ4n) is 3.17. The lowest BCUT2D eigenvalue weighted by molar-refractivity contribution is 0.312. The van der Waals surface area contributed by atoms with E-state index in [0.717, 1.165) is 55.2 Å². The summed E-state index contributed by atoms with van der Waals surface area (Å²) in [5, 5.41) is 7.90. The van der Waals surface area contributed by atoms with Gasteiger partial charge in [-0.25, -0.2) is 9.97 Å². The Balaban J connectivity index is 1.59. The topological polar surface area (TPSA) is 68.7 Å². The minimum atomic E-state index is 0.690. The van der Waals surface area contributed by atoms with Gasteiger partial charge in [0.05, 0.1) is 17.2 Å². The number of nitrogens with one attached hydrogen (secondary N) is 2. The van der Waals surface area contributed by atoms with Crippen LogP contribution in [-0.2, 0) is 13.1 Å². The summed E-state index contributed by atoms with van der Waals surface area (Å²) >= 11 is 1.73. The van der Waals surface area contributed by atoms with Gasteiger partial charge in [-0.1, -0.05) is 6.07 Å². The third kappa shape index (κ3) is 5.17. The van der Waals surface area contributed by atoms with E-state index in [1.165, 1.54) is 10.4 Å². The molecular weight excluding hydrogens is 358 g/mol. The molecule has 7 nitrogen and oxygen atoms in total. The van der Waals surface area contributed by atoms with Crippen molar-refractivity contribution in [2.75, 3.05) is 45.2 Å². The standard InChI is InChI=1S/C19H29N7S/c1-14-17(27-15(2)24-14)13-23-19(20-3)22-12-16-6-5-7-21-18(16)26-10-8-25(4)9-11-26/h5-7H,8-13H2,1-4H3,(H2,20,22,23). The number of anilines is 1. The van der Waals surface area contributed by atoms with Crippen molar-refractivity contribution in [3.8, 4) is 0 Å². The molecule has 27 heavy (non-hydrogen) atoms. The second kappa shape index (κ2) is 9.14. The van der Waals surface area contributed by atoms with Crippen LogP contribution in [0, 0.1) is 13.8 Å². The fraction of sp³-hybridized carbons (Fsp3) is 0.526. The molecule has 146 valence electrons. The number of likely N-dealkylation sites (N-methyl/N-ethyl adjacent to an activating group) is 1. The smallest absolute Gasteiger partial charge is 0.191 e. The van der Waals surface area contributed by atoms with Gasteiger partial charge in [-0.2, -0.15) is 0 Å². The Kier molecular flexibility index (Phi) is 6.63. The van der Waals surface area contributed by atoms with E-state index in [1.54, 1.807) is 18.4 Å². The maximum absolute atomic E-state index is 4.64. The number of aliphatic imine (C=N–C) groups is 1. The van der Waals surface area contributed by atoms with Crippen LogP contribution < -0.4 is 15.5 Å². The third-order valence-corrected chi connectivity index (χ3v) is 5.83. The van der Waals surface area contributed by atoms with Crippen LogP contribution in [0.5, 0.6) is 0 Å². The second-order valence-corrected chi connectivity index (χ2v) is 8.08. The van der Waals surface area contributed by atoms with Gasteiger partial charge in [0.25, 0.3) is 0 Å². The van der Waals surface area contributed by atoms with Gasteiger partial charge in [-0.3, -0.25) is 4.99 Å². The normalized spacial score (nSPS) is 15.9. The Bertz CT molecular complexity index is 778. The van der Waals surface area contributed by atoms with Gasteiger partial charge in [0.15, 0.2) is 5.96 Å². The number of hydrogen-bond donors (Lipinski definition) is 2. The van der Waals surface area contributed by atoms with Crippen molar-refractivity contribution < 1.29 is 0 Å². The average molecular weight is 388 g/mol. The lowest BCUT2D eigenvalue weighted by Crippen LogP contribution is -2.45. The van der Waals surface area contributed by atoms with E-state index >= 15 is 0 Å². The first-order chi connectivity index (χ1) is 13.1. The fourth-order valence-corrected chi connectivity index (χ4v) is 4.05. The summed E-state index contributed by atoms with van der Waals surface area (Å²) < 4.78 is 0. The largest absolute Gasteiger partial charge is 0.354 e. The third-order valence-electron chi connectivity index (χ3n) is 4.76. The number of thiazole rings is 1. The predicted octanol–water partition coefficient (Wildman–Crippen LogP) is 1.77. The van der Waals surface area contributed by atoms with Crippen molar-refractivity contribution in [2.45, 2.75) is 26.9 Å².